The van der Waals surface area contributed by atoms with E-state index in [0.29, 0.717) is 14.5 Å². The Bertz CT molecular complexity index is 303. The van der Waals surface area contributed by atoms with Crippen molar-refractivity contribution in [3.8, 4) is 0 Å². The van der Waals surface area contributed by atoms with E-state index in [1.165, 1.54) is 16.7 Å². The van der Waals surface area contributed by atoms with E-state index in [1.54, 1.807) is 0 Å². The summed E-state index contributed by atoms with van der Waals surface area (Å²) < 4.78 is 0. The number of halogens is 3. The van der Waals surface area contributed by atoms with Crippen molar-refractivity contribution in [1.82, 2.24) is 0 Å². The fourth-order valence-electron chi connectivity index (χ4n) is 1.75. The molecule has 0 N–H and O–H groups in total. The molecule has 0 aliphatic heterocycles. The standard InChI is InChI=1S/C12H15Br3/c1-7(13)10-5-4-6-11(8(2)14)12(10)9(3)15/h4-9H,1-3H3. The van der Waals surface area contributed by atoms with Gasteiger partial charge < -0.3 is 0 Å². The van der Waals surface area contributed by atoms with Crippen LogP contribution in [0, 0.1) is 0 Å². The molecule has 0 radical (unpaired) electrons. The predicted molar refractivity (Wildman–Crippen MR) is 78.5 cm³/mol. The van der Waals surface area contributed by atoms with Crippen molar-refractivity contribution in [2.45, 2.75) is 35.3 Å². The van der Waals surface area contributed by atoms with Gasteiger partial charge in [0.15, 0.2) is 0 Å². The van der Waals surface area contributed by atoms with Gasteiger partial charge in [-0.2, -0.15) is 0 Å². The molecule has 0 saturated heterocycles. The Kier molecular flexibility index (Phi) is 5.33. The highest BCUT2D eigenvalue weighted by Crippen LogP contribution is 2.39. The molecule has 3 unspecified atom stereocenters. The maximum absolute atomic E-state index is 3.68. The Morgan fingerprint density at radius 3 is 1.47 bits per heavy atom. The normalized spacial score (nSPS) is 17.2. The molecule has 84 valence electrons. The Morgan fingerprint density at radius 1 is 0.800 bits per heavy atom. The van der Waals surface area contributed by atoms with Gasteiger partial charge in [0, 0.05) is 14.5 Å². The van der Waals surface area contributed by atoms with Gasteiger partial charge in [0.2, 0.25) is 0 Å². The molecule has 0 amide bonds. The van der Waals surface area contributed by atoms with E-state index in [1.807, 2.05) is 0 Å². The summed E-state index contributed by atoms with van der Waals surface area (Å²) in [5.41, 5.74) is 4.12. The van der Waals surface area contributed by atoms with E-state index in [-0.39, 0.29) is 0 Å². The zero-order valence-electron chi connectivity index (χ0n) is 9.10. The van der Waals surface area contributed by atoms with Crippen LogP contribution in [-0.4, -0.2) is 0 Å². The summed E-state index contributed by atoms with van der Waals surface area (Å²) in [6.45, 7) is 6.50. The first-order valence-corrected chi connectivity index (χ1v) is 7.74. The first-order valence-electron chi connectivity index (χ1n) is 5.00. The topological polar surface area (TPSA) is 0 Å². The van der Waals surface area contributed by atoms with Crippen LogP contribution in [0.15, 0.2) is 18.2 Å². The number of benzene rings is 1. The smallest absolute Gasteiger partial charge is 0.0373 e. The highest BCUT2D eigenvalue weighted by atomic mass is 79.9. The van der Waals surface area contributed by atoms with Crippen LogP contribution >= 0.6 is 47.8 Å². The van der Waals surface area contributed by atoms with E-state index >= 15 is 0 Å². The van der Waals surface area contributed by atoms with Crippen molar-refractivity contribution in [2.75, 3.05) is 0 Å². The average Bonchev–Trinajstić information content (AvgIpc) is 2.16. The van der Waals surface area contributed by atoms with Crippen molar-refractivity contribution in [3.63, 3.8) is 0 Å². The van der Waals surface area contributed by atoms with Gasteiger partial charge in [-0.25, -0.2) is 0 Å². The molecule has 0 aromatic heterocycles. The van der Waals surface area contributed by atoms with Crippen molar-refractivity contribution >= 4 is 47.8 Å². The van der Waals surface area contributed by atoms with Gasteiger partial charge in [0.1, 0.15) is 0 Å². The molecule has 0 aliphatic carbocycles. The van der Waals surface area contributed by atoms with E-state index in [4.69, 9.17) is 0 Å². The van der Waals surface area contributed by atoms with Crippen molar-refractivity contribution in [3.05, 3.63) is 34.9 Å². The van der Waals surface area contributed by atoms with Gasteiger partial charge in [-0.05, 0) is 37.5 Å². The van der Waals surface area contributed by atoms with Crippen LogP contribution < -0.4 is 0 Å². The molecule has 0 spiro atoms. The largest absolute Gasteiger partial charge is 0.0842 e. The van der Waals surface area contributed by atoms with Crippen LogP contribution in [-0.2, 0) is 0 Å². The lowest BCUT2D eigenvalue weighted by Crippen LogP contribution is -2.01. The number of hydrogen-bond donors (Lipinski definition) is 0. The van der Waals surface area contributed by atoms with Gasteiger partial charge in [0.25, 0.3) is 0 Å². The monoisotopic (exact) mass is 396 g/mol. The fourth-order valence-corrected chi connectivity index (χ4v) is 3.08. The van der Waals surface area contributed by atoms with E-state index in [0.717, 1.165) is 0 Å². The van der Waals surface area contributed by atoms with E-state index in [9.17, 15) is 0 Å². The van der Waals surface area contributed by atoms with Crippen molar-refractivity contribution < 1.29 is 0 Å². The molecule has 0 saturated carbocycles. The van der Waals surface area contributed by atoms with Gasteiger partial charge in [-0.3, -0.25) is 0 Å². The minimum absolute atomic E-state index is 0.378. The van der Waals surface area contributed by atoms with Crippen LogP contribution in [0.5, 0.6) is 0 Å². The Labute approximate surface area is 117 Å². The quantitative estimate of drug-likeness (QED) is 0.543. The molecular formula is C12H15Br3. The molecule has 1 rings (SSSR count). The maximum Gasteiger partial charge on any atom is 0.0373 e. The number of hydrogen-bond acceptors (Lipinski definition) is 0. The zero-order valence-corrected chi connectivity index (χ0v) is 13.9. The maximum atomic E-state index is 3.68. The highest BCUT2D eigenvalue weighted by molar-refractivity contribution is 9.09. The summed E-state index contributed by atoms with van der Waals surface area (Å²) >= 11 is 11.0. The lowest BCUT2D eigenvalue weighted by molar-refractivity contribution is 0.967. The van der Waals surface area contributed by atoms with Gasteiger partial charge in [-0.1, -0.05) is 66.0 Å². The highest BCUT2D eigenvalue weighted by Gasteiger charge is 2.17. The molecular weight excluding hydrogens is 384 g/mol. The summed E-state index contributed by atoms with van der Waals surface area (Å²) in [6.07, 6.45) is 0. The first-order chi connectivity index (χ1) is 6.95. The average molecular weight is 399 g/mol. The molecule has 3 heteroatoms. The van der Waals surface area contributed by atoms with Crippen LogP contribution in [0.4, 0.5) is 0 Å². The van der Waals surface area contributed by atoms with Crippen molar-refractivity contribution in [2.24, 2.45) is 0 Å². The number of alkyl halides is 3. The van der Waals surface area contributed by atoms with Crippen molar-refractivity contribution in [1.29, 1.82) is 0 Å². The van der Waals surface area contributed by atoms with Crippen LogP contribution in [0.25, 0.3) is 0 Å². The van der Waals surface area contributed by atoms with Gasteiger partial charge >= 0.3 is 0 Å². The lowest BCUT2D eigenvalue weighted by Gasteiger charge is -2.20. The molecule has 1 aromatic carbocycles. The second kappa shape index (κ2) is 5.83. The summed E-state index contributed by atoms with van der Waals surface area (Å²) in [5.74, 6) is 0. The molecule has 0 nitrogen and oxygen atoms in total. The zero-order chi connectivity index (χ0) is 11.6. The third-order valence-electron chi connectivity index (χ3n) is 2.43. The summed E-state index contributed by atoms with van der Waals surface area (Å²) in [7, 11) is 0. The van der Waals surface area contributed by atoms with Crippen LogP contribution in [0.1, 0.15) is 51.9 Å². The summed E-state index contributed by atoms with van der Waals surface area (Å²) in [5, 5.41) is 0. The molecule has 0 heterocycles. The Morgan fingerprint density at radius 2 is 1.20 bits per heavy atom. The Balaban J connectivity index is 3.35. The number of rotatable bonds is 3. The Hall–Kier alpha value is 0.660. The van der Waals surface area contributed by atoms with E-state index in [2.05, 4.69) is 86.8 Å². The fraction of sp³-hybridized carbons (Fsp3) is 0.500. The van der Waals surface area contributed by atoms with E-state index < -0.39 is 0 Å². The lowest BCUT2D eigenvalue weighted by atomic mass is 9.95. The molecule has 1 aromatic rings. The minimum Gasteiger partial charge on any atom is -0.0842 e. The molecule has 0 bridgehead atoms. The van der Waals surface area contributed by atoms with Gasteiger partial charge in [0.05, 0.1) is 0 Å². The third-order valence-corrected chi connectivity index (χ3v) is 3.87. The second-order valence-electron chi connectivity index (χ2n) is 3.70. The first kappa shape index (κ1) is 13.7. The van der Waals surface area contributed by atoms with Gasteiger partial charge in [-0.15, -0.1) is 0 Å². The third kappa shape index (κ3) is 3.31. The molecule has 3 atom stereocenters. The predicted octanol–water partition coefficient (Wildman–Crippen LogP) is 6.05. The molecule has 0 fully saturated rings. The van der Waals surface area contributed by atoms with Crippen LogP contribution in [0.3, 0.4) is 0 Å². The minimum atomic E-state index is 0.378. The summed E-state index contributed by atoms with van der Waals surface area (Å²) in [4.78, 5) is 1.15. The molecule has 0 aliphatic rings. The summed E-state index contributed by atoms with van der Waals surface area (Å²) in [6, 6.07) is 6.50. The SMILES string of the molecule is CC(Br)c1cccc(C(C)Br)c1C(C)Br. The van der Waals surface area contributed by atoms with Crippen LogP contribution in [0.2, 0.25) is 0 Å². The molecule has 15 heavy (non-hydrogen) atoms. The second-order valence-corrected chi connectivity index (χ2v) is 7.82.